The molecule has 0 saturated heterocycles. The Kier molecular flexibility index (Phi) is 5.46. The lowest BCUT2D eigenvalue weighted by atomic mass is 10.0. The van der Waals surface area contributed by atoms with Gasteiger partial charge in [0, 0.05) is 6.54 Å². The Morgan fingerprint density at radius 1 is 1.10 bits per heavy atom. The SMILES string of the molecule is CN(C)CCOc1cc(-c2ccc(C(=O)O)cc2)ccc1-c1nc2n[nH]nc2c(=O)[nH]1. The van der Waals surface area contributed by atoms with Gasteiger partial charge in [0.15, 0.2) is 5.52 Å². The molecule has 10 heteroatoms. The van der Waals surface area contributed by atoms with Gasteiger partial charge < -0.3 is 19.7 Å². The van der Waals surface area contributed by atoms with Gasteiger partial charge in [0.05, 0.1) is 11.1 Å². The van der Waals surface area contributed by atoms with Gasteiger partial charge in [-0.2, -0.15) is 5.21 Å². The van der Waals surface area contributed by atoms with Crippen molar-refractivity contribution in [3.63, 3.8) is 0 Å². The standard InChI is InChI=1S/C21H20N6O4/c1-27(2)9-10-31-16-11-14(12-3-5-13(6-4-12)21(29)30)7-8-15(16)18-22-19-17(20(28)23-18)24-26-25-19/h3-8,11H,9-10H2,1-2H3,(H,29,30)(H2,22,23,24,25,26,28). The summed E-state index contributed by atoms with van der Waals surface area (Å²) in [5.74, 6) is -0.125. The Hall–Kier alpha value is -4.05. The first kappa shape index (κ1) is 20.2. The molecule has 4 aromatic rings. The summed E-state index contributed by atoms with van der Waals surface area (Å²) >= 11 is 0. The summed E-state index contributed by atoms with van der Waals surface area (Å²) in [6, 6.07) is 12.1. The lowest BCUT2D eigenvalue weighted by Gasteiger charge is -2.15. The molecule has 0 amide bonds. The number of hydrogen-bond donors (Lipinski definition) is 3. The highest BCUT2D eigenvalue weighted by Gasteiger charge is 2.15. The number of nitrogens with one attached hydrogen (secondary N) is 2. The number of likely N-dealkylation sites (N-methyl/N-ethyl adjacent to an activating group) is 1. The van der Waals surface area contributed by atoms with Crippen molar-refractivity contribution in [1.29, 1.82) is 0 Å². The van der Waals surface area contributed by atoms with Crippen LogP contribution in [0.3, 0.4) is 0 Å². The van der Waals surface area contributed by atoms with Crippen molar-refractivity contribution >= 4 is 17.1 Å². The normalized spacial score (nSPS) is 11.2. The molecule has 0 radical (unpaired) electrons. The highest BCUT2D eigenvalue weighted by atomic mass is 16.5. The average Bonchev–Trinajstić information content (AvgIpc) is 3.23. The molecule has 0 unspecified atom stereocenters. The number of rotatable bonds is 7. The number of carboxylic acids is 1. The molecule has 3 N–H and O–H groups in total. The second-order valence-corrected chi connectivity index (χ2v) is 7.16. The summed E-state index contributed by atoms with van der Waals surface area (Å²) in [4.78, 5) is 32.5. The van der Waals surface area contributed by atoms with E-state index in [1.165, 1.54) is 0 Å². The van der Waals surface area contributed by atoms with Crippen molar-refractivity contribution in [3.8, 4) is 28.3 Å². The predicted molar refractivity (Wildman–Crippen MR) is 114 cm³/mol. The molecule has 0 aliphatic carbocycles. The van der Waals surface area contributed by atoms with E-state index in [1.54, 1.807) is 30.3 Å². The number of carbonyl (C=O) groups is 1. The number of nitrogens with zero attached hydrogens (tertiary/aromatic N) is 4. The minimum Gasteiger partial charge on any atom is -0.491 e. The molecular formula is C21H20N6O4. The summed E-state index contributed by atoms with van der Waals surface area (Å²) in [5, 5.41) is 19.2. The maximum absolute atomic E-state index is 12.3. The summed E-state index contributed by atoms with van der Waals surface area (Å²) < 4.78 is 6.02. The van der Waals surface area contributed by atoms with Crippen LogP contribution in [0, 0.1) is 0 Å². The number of aromatic nitrogens is 5. The third-order valence-corrected chi connectivity index (χ3v) is 4.69. The topological polar surface area (TPSA) is 137 Å². The first-order valence-electron chi connectivity index (χ1n) is 9.49. The molecule has 4 rings (SSSR count). The van der Waals surface area contributed by atoms with Crippen LogP contribution in [0.5, 0.6) is 5.75 Å². The number of fused-ring (bicyclic) bond motifs is 1. The maximum atomic E-state index is 12.3. The smallest absolute Gasteiger partial charge is 0.335 e. The minimum absolute atomic E-state index is 0.133. The molecule has 158 valence electrons. The van der Waals surface area contributed by atoms with E-state index in [2.05, 4.69) is 25.4 Å². The van der Waals surface area contributed by atoms with Gasteiger partial charge in [-0.05, 0) is 49.5 Å². The number of aromatic carboxylic acids is 1. The van der Waals surface area contributed by atoms with Gasteiger partial charge in [0.25, 0.3) is 5.56 Å². The molecule has 0 aliphatic rings. The van der Waals surface area contributed by atoms with Crippen LogP contribution in [0.2, 0.25) is 0 Å². The molecule has 2 aromatic carbocycles. The molecule has 10 nitrogen and oxygen atoms in total. The number of H-pyrrole nitrogens is 2. The number of hydrogen-bond acceptors (Lipinski definition) is 7. The zero-order valence-electron chi connectivity index (χ0n) is 16.9. The van der Waals surface area contributed by atoms with Gasteiger partial charge in [-0.1, -0.05) is 18.2 Å². The maximum Gasteiger partial charge on any atom is 0.335 e. The third-order valence-electron chi connectivity index (χ3n) is 4.69. The molecule has 0 spiro atoms. The van der Waals surface area contributed by atoms with Crippen LogP contribution in [0.15, 0.2) is 47.3 Å². The Labute approximate surface area is 176 Å². The van der Waals surface area contributed by atoms with E-state index < -0.39 is 11.5 Å². The molecule has 2 aromatic heterocycles. The molecule has 0 atom stereocenters. The predicted octanol–water partition coefficient (Wildman–Crippen LogP) is 2.01. The summed E-state index contributed by atoms with van der Waals surface area (Å²) in [5.41, 5.74) is 2.44. The lowest BCUT2D eigenvalue weighted by molar-refractivity contribution is 0.0697. The average molecular weight is 420 g/mol. The van der Waals surface area contributed by atoms with Crippen LogP contribution in [0.4, 0.5) is 0 Å². The van der Waals surface area contributed by atoms with Crippen LogP contribution in [0.1, 0.15) is 10.4 Å². The van der Waals surface area contributed by atoms with Crippen molar-refractivity contribution in [1.82, 2.24) is 30.3 Å². The summed E-state index contributed by atoms with van der Waals surface area (Å²) in [6.45, 7) is 1.13. The molecule has 0 aliphatic heterocycles. The number of ether oxygens (including phenoxy) is 1. The number of carboxylic acid groups (broad SMARTS) is 1. The van der Waals surface area contributed by atoms with Crippen molar-refractivity contribution in [2.24, 2.45) is 0 Å². The Morgan fingerprint density at radius 3 is 2.55 bits per heavy atom. The van der Waals surface area contributed by atoms with Crippen molar-refractivity contribution in [2.75, 3.05) is 27.2 Å². The van der Waals surface area contributed by atoms with Crippen LogP contribution in [-0.2, 0) is 0 Å². The Bertz CT molecular complexity index is 1290. The second-order valence-electron chi connectivity index (χ2n) is 7.16. The van der Waals surface area contributed by atoms with E-state index in [9.17, 15) is 9.59 Å². The van der Waals surface area contributed by atoms with Crippen LogP contribution in [0.25, 0.3) is 33.7 Å². The molecule has 0 saturated carbocycles. The third kappa shape index (κ3) is 4.28. The Balaban J connectivity index is 1.76. The van der Waals surface area contributed by atoms with Crippen molar-refractivity contribution in [3.05, 3.63) is 58.4 Å². The van der Waals surface area contributed by atoms with Gasteiger partial charge >= 0.3 is 5.97 Å². The largest absolute Gasteiger partial charge is 0.491 e. The van der Waals surface area contributed by atoms with E-state index in [-0.39, 0.29) is 16.7 Å². The van der Waals surface area contributed by atoms with Gasteiger partial charge in [0.1, 0.15) is 18.2 Å². The van der Waals surface area contributed by atoms with Gasteiger partial charge in [-0.3, -0.25) is 4.79 Å². The quantitative estimate of drug-likeness (QED) is 0.413. The highest BCUT2D eigenvalue weighted by molar-refractivity contribution is 5.88. The molecule has 0 bridgehead atoms. The molecule has 2 heterocycles. The van der Waals surface area contributed by atoms with Gasteiger partial charge in [0.2, 0.25) is 5.65 Å². The number of benzene rings is 2. The van der Waals surface area contributed by atoms with Crippen LogP contribution in [-0.4, -0.2) is 68.6 Å². The fourth-order valence-electron chi connectivity index (χ4n) is 3.04. The summed E-state index contributed by atoms with van der Waals surface area (Å²) in [7, 11) is 3.89. The van der Waals surface area contributed by atoms with E-state index in [0.717, 1.165) is 11.1 Å². The van der Waals surface area contributed by atoms with E-state index >= 15 is 0 Å². The first-order chi connectivity index (χ1) is 14.9. The lowest BCUT2D eigenvalue weighted by Crippen LogP contribution is -2.19. The first-order valence-corrected chi connectivity index (χ1v) is 9.49. The highest BCUT2D eigenvalue weighted by Crippen LogP contribution is 2.33. The fourth-order valence-corrected chi connectivity index (χ4v) is 3.04. The zero-order valence-corrected chi connectivity index (χ0v) is 16.9. The number of aromatic amines is 2. The van der Waals surface area contributed by atoms with E-state index in [4.69, 9.17) is 9.84 Å². The minimum atomic E-state index is -0.979. The molecule has 0 fully saturated rings. The van der Waals surface area contributed by atoms with Crippen molar-refractivity contribution in [2.45, 2.75) is 0 Å². The van der Waals surface area contributed by atoms with Crippen molar-refractivity contribution < 1.29 is 14.6 Å². The summed E-state index contributed by atoms with van der Waals surface area (Å²) in [6.07, 6.45) is 0. The van der Waals surface area contributed by atoms with Crippen LogP contribution < -0.4 is 10.3 Å². The van der Waals surface area contributed by atoms with Gasteiger partial charge in [-0.25, -0.2) is 9.78 Å². The van der Waals surface area contributed by atoms with Gasteiger partial charge in [-0.15, -0.1) is 10.2 Å². The second kappa shape index (κ2) is 8.36. The van der Waals surface area contributed by atoms with Crippen LogP contribution >= 0.6 is 0 Å². The Morgan fingerprint density at radius 2 is 1.84 bits per heavy atom. The van der Waals surface area contributed by atoms with E-state index in [1.807, 2.05) is 31.1 Å². The zero-order chi connectivity index (χ0) is 22.0. The molecular weight excluding hydrogens is 400 g/mol. The molecule has 31 heavy (non-hydrogen) atoms. The monoisotopic (exact) mass is 420 g/mol. The fraction of sp³-hybridized carbons (Fsp3) is 0.190. The van der Waals surface area contributed by atoms with E-state index in [0.29, 0.717) is 30.3 Å².